The van der Waals surface area contributed by atoms with Crippen LogP contribution in [0.1, 0.15) is 12.8 Å². The zero-order chi connectivity index (χ0) is 18.4. The van der Waals surface area contributed by atoms with E-state index in [9.17, 15) is 4.79 Å². The Kier molecular flexibility index (Phi) is 3.93. The number of fused-ring (bicyclic) bond motifs is 2. The van der Waals surface area contributed by atoms with Gasteiger partial charge in [-0.3, -0.25) is 9.13 Å². The van der Waals surface area contributed by atoms with E-state index in [4.69, 9.17) is 0 Å². The fourth-order valence-electron chi connectivity index (χ4n) is 3.98. The van der Waals surface area contributed by atoms with Crippen molar-refractivity contribution in [3.8, 4) is 0 Å². The first-order valence-electron chi connectivity index (χ1n) is 9.16. The van der Waals surface area contributed by atoms with Gasteiger partial charge >= 0.3 is 5.69 Å². The van der Waals surface area contributed by atoms with Crippen LogP contribution >= 0.6 is 11.3 Å². The van der Waals surface area contributed by atoms with Crippen LogP contribution in [-0.2, 0) is 13.6 Å². The number of aryl methyl sites for hydroxylation is 1. The van der Waals surface area contributed by atoms with Crippen LogP contribution in [-0.4, -0.2) is 37.2 Å². The number of pyridine rings is 1. The van der Waals surface area contributed by atoms with Crippen LogP contribution in [0.3, 0.4) is 0 Å². The molecule has 0 N–H and O–H groups in total. The fraction of sp³-hybridized carbons (Fsp3) is 0.368. The molecule has 0 bridgehead atoms. The maximum atomic E-state index is 12.6. The average Bonchev–Trinajstić information content (AvgIpc) is 3.28. The Bertz CT molecular complexity index is 1170. The second kappa shape index (κ2) is 6.45. The number of hydrogen-bond acceptors (Lipinski definition) is 6. The molecule has 1 aliphatic heterocycles. The van der Waals surface area contributed by atoms with E-state index in [0.29, 0.717) is 5.92 Å². The standard InChI is InChI=1S/C19H20N6OS/c1-23-15-3-2-7-20-17(15)25(19(23)26)11-13-4-8-24(9-5-13)18-16-14(6-10-27-16)21-12-22-18/h2-3,6-7,10,12-13H,4-5,8-9,11H2,1H3. The summed E-state index contributed by atoms with van der Waals surface area (Å²) < 4.78 is 4.68. The summed E-state index contributed by atoms with van der Waals surface area (Å²) in [6.07, 6.45) is 5.47. The smallest absolute Gasteiger partial charge is 0.330 e. The minimum absolute atomic E-state index is 0.0159. The van der Waals surface area contributed by atoms with Crippen molar-refractivity contribution < 1.29 is 0 Å². The molecule has 0 unspecified atom stereocenters. The number of imidazole rings is 1. The number of hydrogen-bond donors (Lipinski definition) is 0. The molecular weight excluding hydrogens is 360 g/mol. The molecule has 0 aliphatic carbocycles. The Hall–Kier alpha value is -2.74. The molecule has 8 heteroatoms. The van der Waals surface area contributed by atoms with E-state index in [2.05, 4.69) is 25.2 Å². The number of anilines is 1. The normalized spacial score (nSPS) is 15.8. The molecule has 0 atom stereocenters. The third kappa shape index (κ3) is 2.71. The minimum atomic E-state index is 0.0159. The Labute approximate surface area is 159 Å². The predicted octanol–water partition coefficient (Wildman–Crippen LogP) is 2.66. The molecule has 138 valence electrons. The van der Waals surface area contributed by atoms with Gasteiger partial charge in [0.15, 0.2) is 5.65 Å². The molecule has 1 saturated heterocycles. The van der Waals surface area contributed by atoms with E-state index < -0.39 is 0 Å². The largest absolute Gasteiger partial charge is 0.355 e. The van der Waals surface area contributed by atoms with Crippen LogP contribution in [0.5, 0.6) is 0 Å². The first-order chi connectivity index (χ1) is 13.2. The maximum absolute atomic E-state index is 12.6. The van der Waals surface area contributed by atoms with Gasteiger partial charge in [-0.25, -0.2) is 19.7 Å². The zero-order valence-corrected chi connectivity index (χ0v) is 15.9. The number of rotatable bonds is 3. The van der Waals surface area contributed by atoms with Crippen molar-refractivity contribution >= 4 is 38.5 Å². The van der Waals surface area contributed by atoms with Gasteiger partial charge in [0.05, 0.1) is 15.7 Å². The topological polar surface area (TPSA) is 68.8 Å². The predicted molar refractivity (Wildman–Crippen MR) is 107 cm³/mol. The van der Waals surface area contributed by atoms with Gasteiger partial charge in [-0.2, -0.15) is 0 Å². The van der Waals surface area contributed by atoms with E-state index in [1.165, 1.54) is 0 Å². The molecule has 5 rings (SSSR count). The van der Waals surface area contributed by atoms with Gasteiger partial charge < -0.3 is 4.90 Å². The lowest BCUT2D eigenvalue weighted by atomic mass is 9.96. The van der Waals surface area contributed by atoms with Gasteiger partial charge in [-0.05, 0) is 42.3 Å². The van der Waals surface area contributed by atoms with E-state index in [-0.39, 0.29) is 5.69 Å². The van der Waals surface area contributed by atoms with Crippen LogP contribution in [0.4, 0.5) is 5.82 Å². The van der Waals surface area contributed by atoms with Crippen molar-refractivity contribution in [1.82, 2.24) is 24.1 Å². The molecule has 27 heavy (non-hydrogen) atoms. The number of thiophene rings is 1. The Morgan fingerprint density at radius 2 is 2.04 bits per heavy atom. The third-order valence-electron chi connectivity index (χ3n) is 5.48. The van der Waals surface area contributed by atoms with Gasteiger partial charge in [-0.15, -0.1) is 11.3 Å². The van der Waals surface area contributed by atoms with Crippen LogP contribution in [0.15, 0.2) is 40.9 Å². The fourth-order valence-corrected chi connectivity index (χ4v) is 4.85. The number of nitrogens with zero attached hydrogens (tertiary/aromatic N) is 6. The van der Waals surface area contributed by atoms with Crippen molar-refractivity contribution in [2.75, 3.05) is 18.0 Å². The van der Waals surface area contributed by atoms with Crippen LogP contribution in [0, 0.1) is 5.92 Å². The van der Waals surface area contributed by atoms with Gasteiger partial charge in [-0.1, -0.05) is 0 Å². The summed E-state index contributed by atoms with van der Waals surface area (Å²) >= 11 is 1.69. The second-order valence-electron chi connectivity index (χ2n) is 7.06. The quantitative estimate of drug-likeness (QED) is 0.547. The highest BCUT2D eigenvalue weighted by Crippen LogP contribution is 2.31. The summed E-state index contributed by atoms with van der Waals surface area (Å²) in [5.74, 6) is 1.50. The lowest BCUT2D eigenvalue weighted by molar-refractivity contribution is 0.354. The highest BCUT2D eigenvalue weighted by Gasteiger charge is 2.24. The van der Waals surface area contributed by atoms with E-state index in [1.54, 1.807) is 28.4 Å². The molecule has 0 aromatic carbocycles. The first-order valence-corrected chi connectivity index (χ1v) is 10.0. The molecule has 0 amide bonds. The molecule has 0 spiro atoms. The lowest BCUT2D eigenvalue weighted by Gasteiger charge is -2.33. The van der Waals surface area contributed by atoms with Crippen LogP contribution in [0.25, 0.3) is 21.4 Å². The van der Waals surface area contributed by atoms with E-state index >= 15 is 0 Å². The summed E-state index contributed by atoms with van der Waals surface area (Å²) in [6.45, 7) is 2.61. The van der Waals surface area contributed by atoms with Crippen molar-refractivity contribution in [1.29, 1.82) is 0 Å². The van der Waals surface area contributed by atoms with Crippen molar-refractivity contribution in [3.63, 3.8) is 0 Å². The number of piperidine rings is 1. The molecule has 4 aromatic heterocycles. The maximum Gasteiger partial charge on any atom is 0.330 e. The molecular formula is C19H20N6OS. The van der Waals surface area contributed by atoms with Crippen molar-refractivity contribution in [3.05, 3.63) is 46.6 Å². The van der Waals surface area contributed by atoms with Crippen LogP contribution < -0.4 is 10.6 Å². The SMILES string of the molecule is Cn1c(=O)n(CC2CCN(c3ncnc4ccsc34)CC2)c2ncccc21. The summed E-state index contributed by atoms with van der Waals surface area (Å²) in [5, 5.41) is 2.07. The average molecular weight is 380 g/mol. The third-order valence-corrected chi connectivity index (χ3v) is 6.38. The van der Waals surface area contributed by atoms with Crippen molar-refractivity contribution in [2.45, 2.75) is 19.4 Å². The summed E-state index contributed by atoms with van der Waals surface area (Å²) in [6, 6.07) is 5.86. The van der Waals surface area contributed by atoms with Crippen LogP contribution in [0.2, 0.25) is 0 Å². The van der Waals surface area contributed by atoms with Gasteiger partial charge in [0.2, 0.25) is 0 Å². The summed E-state index contributed by atoms with van der Waals surface area (Å²) in [7, 11) is 1.81. The second-order valence-corrected chi connectivity index (χ2v) is 7.98. The highest BCUT2D eigenvalue weighted by molar-refractivity contribution is 7.17. The Morgan fingerprint density at radius 3 is 2.89 bits per heavy atom. The Morgan fingerprint density at radius 1 is 1.19 bits per heavy atom. The molecule has 1 aliphatic rings. The molecule has 0 saturated carbocycles. The molecule has 0 radical (unpaired) electrons. The summed E-state index contributed by atoms with van der Waals surface area (Å²) in [5.41, 5.74) is 2.70. The van der Waals surface area contributed by atoms with Gasteiger partial charge in [0.1, 0.15) is 12.1 Å². The minimum Gasteiger partial charge on any atom is -0.355 e. The Balaban J connectivity index is 1.35. The van der Waals surface area contributed by atoms with Gasteiger partial charge in [0.25, 0.3) is 0 Å². The van der Waals surface area contributed by atoms with Gasteiger partial charge in [0, 0.05) is 32.9 Å². The lowest BCUT2D eigenvalue weighted by Crippen LogP contribution is -2.37. The van der Waals surface area contributed by atoms with Crippen molar-refractivity contribution in [2.24, 2.45) is 13.0 Å². The highest BCUT2D eigenvalue weighted by atomic mass is 32.1. The molecule has 4 aromatic rings. The van der Waals surface area contributed by atoms with E-state index in [1.807, 2.05) is 29.8 Å². The molecule has 7 nitrogen and oxygen atoms in total. The first kappa shape index (κ1) is 16.4. The monoisotopic (exact) mass is 380 g/mol. The number of aromatic nitrogens is 5. The molecule has 1 fully saturated rings. The zero-order valence-electron chi connectivity index (χ0n) is 15.1. The summed E-state index contributed by atoms with van der Waals surface area (Å²) in [4.78, 5) is 28.3. The van der Waals surface area contributed by atoms with E-state index in [0.717, 1.165) is 59.7 Å². The molecule has 5 heterocycles.